The van der Waals surface area contributed by atoms with Crippen LogP contribution in [-0.4, -0.2) is 38.0 Å². The maximum Gasteiger partial charge on any atom is 0.253 e. The molecule has 0 bridgehead atoms. The van der Waals surface area contributed by atoms with Gasteiger partial charge in [0.05, 0.1) is 22.4 Å². The van der Waals surface area contributed by atoms with Crippen LogP contribution in [0, 0.1) is 0 Å². The summed E-state index contributed by atoms with van der Waals surface area (Å²) < 4.78 is 4.43. The minimum atomic E-state index is -0.199. The number of pyridine rings is 1. The summed E-state index contributed by atoms with van der Waals surface area (Å²) in [6.07, 6.45) is 9.76. The van der Waals surface area contributed by atoms with Gasteiger partial charge in [0.25, 0.3) is 5.91 Å². The highest BCUT2D eigenvalue weighted by atomic mass is 16.2. The molecule has 0 unspecified atom stereocenters. The van der Waals surface area contributed by atoms with Crippen molar-refractivity contribution in [3.63, 3.8) is 0 Å². The van der Waals surface area contributed by atoms with Crippen LogP contribution in [0.25, 0.3) is 22.3 Å². The second-order valence-corrected chi connectivity index (χ2v) is 9.47. The third-order valence-electron chi connectivity index (χ3n) is 7.51. The molecule has 2 aromatic carbocycles. The summed E-state index contributed by atoms with van der Waals surface area (Å²) in [7, 11) is 0. The monoisotopic (exact) mass is 459 g/mol. The molecule has 35 heavy (non-hydrogen) atoms. The first-order valence-corrected chi connectivity index (χ1v) is 12.1. The molecule has 0 aliphatic carbocycles. The topological polar surface area (TPSA) is 55.1 Å². The third-order valence-corrected chi connectivity index (χ3v) is 7.51. The van der Waals surface area contributed by atoms with E-state index in [-0.39, 0.29) is 11.4 Å². The zero-order valence-electron chi connectivity index (χ0n) is 19.3. The van der Waals surface area contributed by atoms with Gasteiger partial charge in [-0.3, -0.25) is 9.78 Å². The Morgan fingerprint density at radius 1 is 0.886 bits per heavy atom. The quantitative estimate of drug-likeness (QED) is 0.386. The number of nitrogens with one attached hydrogen (secondary N) is 1. The lowest BCUT2D eigenvalue weighted by atomic mass is 9.82. The lowest BCUT2D eigenvalue weighted by molar-refractivity contribution is 0.0676. The number of anilines is 1. The van der Waals surface area contributed by atoms with Crippen LogP contribution in [0.5, 0.6) is 0 Å². The molecule has 1 spiro atoms. The first-order valence-electron chi connectivity index (χ1n) is 12.1. The Balaban J connectivity index is 1.17. The lowest BCUT2D eigenvalue weighted by Crippen LogP contribution is -2.51. The van der Waals surface area contributed by atoms with Gasteiger partial charge in [-0.25, -0.2) is 0 Å². The molecule has 1 amide bonds. The number of hydrogen-bond donors (Lipinski definition) is 1. The van der Waals surface area contributed by atoms with Crippen LogP contribution in [-0.2, 0) is 5.54 Å². The SMILES string of the molecule is O=C(c1ccc2ncccc2c1)N1CCC2(CC1)Nc1cc(-n3cccc3)ccc1-n1cccc12. The number of carbonyl (C=O) groups is 1. The Morgan fingerprint density at radius 2 is 1.74 bits per heavy atom. The van der Waals surface area contributed by atoms with Crippen molar-refractivity contribution < 1.29 is 4.79 Å². The van der Waals surface area contributed by atoms with E-state index < -0.39 is 0 Å². The Bertz CT molecular complexity index is 1560. The number of likely N-dealkylation sites (tertiary alicyclic amines) is 1. The Labute approximate surface area is 203 Å². The normalized spacial score (nSPS) is 16.1. The molecule has 3 aromatic heterocycles. The van der Waals surface area contributed by atoms with Crippen LogP contribution in [0.3, 0.4) is 0 Å². The number of aromatic nitrogens is 3. The maximum absolute atomic E-state index is 13.4. The van der Waals surface area contributed by atoms with E-state index in [1.54, 1.807) is 6.20 Å². The Hall–Kier alpha value is -4.32. The van der Waals surface area contributed by atoms with Crippen LogP contribution in [0.1, 0.15) is 28.9 Å². The van der Waals surface area contributed by atoms with Crippen LogP contribution in [0.15, 0.2) is 97.6 Å². The Morgan fingerprint density at radius 3 is 2.60 bits per heavy atom. The largest absolute Gasteiger partial charge is 0.372 e. The van der Waals surface area contributed by atoms with Gasteiger partial charge in [0, 0.05) is 60.2 Å². The highest BCUT2D eigenvalue weighted by Gasteiger charge is 2.42. The molecular weight excluding hydrogens is 434 g/mol. The van der Waals surface area contributed by atoms with E-state index >= 15 is 0 Å². The predicted octanol–water partition coefficient (Wildman–Crippen LogP) is 5.37. The third kappa shape index (κ3) is 3.17. The van der Waals surface area contributed by atoms with E-state index in [0.29, 0.717) is 13.1 Å². The van der Waals surface area contributed by atoms with Crippen molar-refractivity contribution in [1.82, 2.24) is 19.0 Å². The minimum Gasteiger partial charge on any atom is -0.372 e. The van der Waals surface area contributed by atoms with Gasteiger partial charge in [-0.05, 0) is 79.6 Å². The second kappa shape index (κ2) is 7.60. The first kappa shape index (κ1) is 20.1. The van der Waals surface area contributed by atoms with Gasteiger partial charge in [-0.2, -0.15) is 0 Å². The molecule has 0 saturated carbocycles. The van der Waals surface area contributed by atoms with E-state index in [4.69, 9.17) is 0 Å². The molecule has 2 aliphatic rings. The summed E-state index contributed by atoms with van der Waals surface area (Å²) in [6.45, 7) is 1.41. The van der Waals surface area contributed by atoms with Crippen molar-refractivity contribution >= 4 is 22.5 Å². The van der Waals surface area contributed by atoms with Gasteiger partial charge < -0.3 is 19.4 Å². The molecule has 2 aliphatic heterocycles. The molecule has 6 nitrogen and oxygen atoms in total. The zero-order chi connectivity index (χ0) is 23.4. The number of hydrogen-bond acceptors (Lipinski definition) is 3. The molecule has 1 saturated heterocycles. The fourth-order valence-corrected chi connectivity index (χ4v) is 5.67. The van der Waals surface area contributed by atoms with Crippen LogP contribution in [0.4, 0.5) is 5.69 Å². The maximum atomic E-state index is 13.4. The van der Waals surface area contributed by atoms with E-state index in [2.05, 4.69) is 68.4 Å². The predicted molar refractivity (Wildman–Crippen MR) is 137 cm³/mol. The van der Waals surface area contributed by atoms with E-state index in [1.807, 2.05) is 47.4 Å². The van der Waals surface area contributed by atoms with Crippen molar-refractivity contribution in [1.29, 1.82) is 0 Å². The molecule has 7 rings (SSSR count). The average Bonchev–Trinajstić information content (AvgIpc) is 3.62. The summed E-state index contributed by atoms with van der Waals surface area (Å²) in [5, 5.41) is 4.89. The standard InChI is InChI=1S/C29H25N5O/c35-28(22-7-9-24-21(19-22)5-3-13-30-24)33-17-11-29(12-18-33)27-6-4-16-34(27)26-10-8-23(20-25(26)31-29)32-14-1-2-15-32/h1-10,13-16,19-20,31H,11-12,17-18H2. The van der Waals surface area contributed by atoms with Gasteiger partial charge in [0.1, 0.15) is 0 Å². The van der Waals surface area contributed by atoms with Gasteiger partial charge in [-0.1, -0.05) is 6.07 Å². The number of piperidine rings is 1. The smallest absolute Gasteiger partial charge is 0.253 e. The zero-order valence-corrected chi connectivity index (χ0v) is 19.3. The van der Waals surface area contributed by atoms with Crippen LogP contribution in [0.2, 0.25) is 0 Å². The number of fused-ring (bicyclic) bond motifs is 5. The molecular formula is C29H25N5O. The lowest BCUT2D eigenvalue weighted by Gasteiger charge is -2.46. The highest BCUT2D eigenvalue weighted by Crippen LogP contribution is 2.44. The molecule has 0 radical (unpaired) electrons. The van der Waals surface area contributed by atoms with Gasteiger partial charge in [0.2, 0.25) is 0 Å². The van der Waals surface area contributed by atoms with Crippen molar-refractivity contribution in [2.45, 2.75) is 18.4 Å². The Kier molecular flexibility index (Phi) is 4.36. The summed E-state index contributed by atoms with van der Waals surface area (Å²) in [4.78, 5) is 19.7. The highest BCUT2D eigenvalue weighted by molar-refractivity contribution is 5.98. The number of nitrogens with zero attached hydrogens (tertiary/aromatic N) is 4. The fourth-order valence-electron chi connectivity index (χ4n) is 5.67. The van der Waals surface area contributed by atoms with Crippen LogP contribution >= 0.6 is 0 Å². The second-order valence-electron chi connectivity index (χ2n) is 9.47. The average molecular weight is 460 g/mol. The van der Waals surface area contributed by atoms with Gasteiger partial charge >= 0.3 is 0 Å². The van der Waals surface area contributed by atoms with Crippen LogP contribution < -0.4 is 5.32 Å². The van der Waals surface area contributed by atoms with Gasteiger partial charge in [0.15, 0.2) is 0 Å². The van der Waals surface area contributed by atoms with Crippen molar-refractivity contribution in [3.8, 4) is 11.4 Å². The summed E-state index contributed by atoms with van der Waals surface area (Å²) in [5.74, 6) is 0.0899. The number of amides is 1. The van der Waals surface area contributed by atoms with E-state index in [1.165, 1.54) is 5.69 Å². The summed E-state index contributed by atoms with van der Waals surface area (Å²) in [6, 6.07) is 24.7. The van der Waals surface area contributed by atoms with E-state index in [0.717, 1.165) is 46.4 Å². The molecule has 6 heteroatoms. The first-order chi connectivity index (χ1) is 17.2. The minimum absolute atomic E-state index is 0.0899. The van der Waals surface area contributed by atoms with E-state index in [9.17, 15) is 4.79 Å². The number of benzene rings is 2. The summed E-state index contributed by atoms with van der Waals surface area (Å²) in [5.41, 5.74) is 6.12. The molecule has 1 fully saturated rings. The summed E-state index contributed by atoms with van der Waals surface area (Å²) >= 11 is 0. The molecule has 0 atom stereocenters. The molecule has 172 valence electrons. The number of rotatable bonds is 2. The molecule has 5 heterocycles. The van der Waals surface area contributed by atoms with Gasteiger partial charge in [-0.15, -0.1) is 0 Å². The molecule has 1 N–H and O–H groups in total. The fraction of sp³-hybridized carbons (Fsp3) is 0.172. The number of carbonyl (C=O) groups excluding carboxylic acids is 1. The molecule has 5 aromatic rings. The van der Waals surface area contributed by atoms with Crippen molar-refractivity contribution in [2.75, 3.05) is 18.4 Å². The van der Waals surface area contributed by atoms with Crippen molar-refractivity contribution in [3.05, 3.63) is 109 Å². The van der Waals surface area contributed by atoms with Crippen molar-refractivity contribution in [2.24, 2.45) is 0 Å².